The Morgan fingerprint density at radius 2 is 2.00 bits per heavy atom. The molecule has 0 saturated carbocycles. The summed E-state index contributed by atoms with van der Waals surface area (Å²) in [5.41, 5.74) is 3.69. The Bertz CT molecular complexity index is 506. The Kier molecular flexibility index (Phi) is 5.56. The van der Waals surface area contributed by atoms with E-state index < -0.39 is 29.5 Å². The summed E-state index contributed by atoms with van der Waals surface area (Å²) in [7, 11) is 0. The standard InChI is InChI=1S/C13H17F3N2O3/c1-7(19)18-5-4-11(20)12(21)9-3-2-8(17)6-10(9)13(14,15)16/h2-3,6,11-12,20-21H,4-5,17H2,1H3,(H,18,19). The van der Waals surface area contributed by atoms with Gasteiger partial charge in [-0.3, -0.25) is 4.79 Å². The molecule has 2 unspecified atom stereocenters. The number of carbonyl (C=O) groups is 1. The average Bonchev–Trinajstić information content (AvgIpc) is 2.36. The molecule has 21 heavy (non-hydrogen) atoms. The number of anilines is 1. The summed E-state index contributed by atoms with van der Waals surface area (Å²) in [6.07, 6.45) is -7.94. The number of halogens is 3. The molecule has 2 atom stereocenters. The second-order valence-electron chi connectivity index (χ2n) is 4.63. The number of nitrogens with one attached hydrogen (secondary N) is 1. The van der Waals surface area contributed by atoms with Gasteiger partial charge in [-0.2, -0.15) is 13.2 Å². The Morgan fingerprint density at radius 3 is 2.52 bits per heavy atom. The zero-order chi connectivity index (χ0) is 16.2. The minimum Gasteiger partial charge on any atom is -0.399 e. The van der Waals surface area contributed by atoms with Crippen LogP contribution in [-0.2, 0) is 11.0 Å². The molecule has 5 nitrogen and oxygen atoms in total. The molecule has 0 heterocycles. The molecule has 8 heteroatoms. The predicted octanol–water partition coefficient (Wildman–Crippen LogP) is 1.21. The number of carbonyl (C=O) groups excluding carboxylic acids is 1. The van der Waals surface area contributed by atoms with Crippen molar-refractivity contribution in [1.82, 2.24) is 5.32 Å². The predicted molar refractivity (Wildman–Crippen MR) is 70.1 cm³/mol. The fourth-order valence-electron chi connectivity index (χ4n) is 1.84. The van der Waals surface area contributed by atoms with E-state index in [-0.39, 0.29) is 24.6 Å². The first-order chi connectivity index (χ1) is 9.62. The molecule has 0 bridgehead atoms. The second-order valence-corrected chi connectivity index (χ2v) is 4.63. The number of nitrogens with two attached hydrogens (primary N) is 1. The minimum absolute atomic E-state index is 0.0455. The van der Waals surface area contributed by atoms with E-state index >= 15 is 0 Å². The van der Waals surface area contributed by atoms with Crippen LogP contribution in [0, 0.1) is 0 Å². The number of aliphatic hydroxyl groups excluding tert-OH is 2. The topological polar surface area (TPSA) is 95.6 Å². The van der Waals surface area contributed by atoms with Gasteiger partial charge in [0.25, 0.3) is 0 Å². The highest BCUT2D eigenvalue weighted by Gasteiger charge is 2.36. The quantitative estimate of drug-likeness (QED) is 0.615. The lowest BCUT2D eigenvalue weighted by molar-refractivity contribution is -0.139. The maximum atomic E-state index is 12.9. The van der Waals surface area contributed by atoms with E-state index in [0.717, 1.165) is 6.07 Å². The Balaban J connectivity index is 2.91. The first kappa shape index (κ1) is 17.3. The van der Waals surface area contributed by atoms with Gasteiger partial charge in [-0.05, 0) is 24.1 Å². The summed E-state index contributed by atoms with van der Waals surface area (Å²) >= 11 is 0. The summed E-state index contributed by atoms with van der Waals surface area (Å²) in [5.74, 6) is -0.333. The lowest BCUT2D eigenvalue weighted by atomic mass is 9.96. The largest absolute Gasteiger partial charge is 0.416 e. The van der Waals surface area contributed by atoms with Gasteiger partial charge in [0.2, 0.25) is 5.91 Å². The third-order valence-corrected chi connectivity index (χ3v) is 2.88. The number of alkyl halides is 3. The van der Waals surface area contributed by atoms with Crippen LogP contribution in [0.5, 0.6) is 0 Å². The summed E-state index contributed by atoms with van der Waals surface area (Å²) in [6, 6.07) is 2.96. The molecule has 0 aromatic heterocycles. The molecule has 0 saturated heterocycles. The molecule has 0 spiro atoms. The van der Waals surface area contributed by atoms with Gasteiger partial charge in [-0.1, -0.05) is 6.07 Å². The fraction of sp³-hybridized carbons (Fsp3) is 0.462. The van der Waals surface area contributed by atoms with Crippen LogP contribution in [0.15, 0.2) is 18.2 Å². The van der Waals surface area contributed by atoms with Gasteiger partial charge in [0.15, 0.2) is 0 Å². The van der Waals surface area contributed by atoms with Gasteiger partial charge >= 0.3 is 6.18 Å². The maximum Gasteiger partial charge on any atom is 0.416 e. The summed E-state index contributed by atoms with van der Waals surface area (Å²) in [6.45, 7) is 1.31. The summed E-state index contributed by atoms with van der Waals surface area (Å²) < 4.78 is 38.7. The lowest BCUT2D eigenvalue weighted by Crippen LogP contribution is -2.28. The van der Waals surface area contributed by atoms with E-state index in [1.807, 2.05) is 0 Å². The lowest BCUT2D eigenvalue weighted by Gasteiger charge is -2.22. The van der Waals surface area contributed by atoms with Crippen molar-refractivity contribution in [3.05, 3.63) is 29.3 Å². The van der Waals surface area contributed by atoms with Crippen LogP contribution in [0.2, 0.25) is 0 Å². The van der Waals surface area contributed by atoms with Gasteiger partial charge in [0.05, 0.1) is 11.7 Å². The van der Waals surface area contributed by atoms with E-state index in [9.17, 15) is 28.2 Å². The molecular formula is C13H17F3N2O3. The molecule has 118 valence electrons. The first-order valence-corrected chi connectivity index (χ1v) is 6.20. The Morgan fingerprint density at radius 1 is 1.38 bits per heavy atom. The zero-order valence-electron chi connectivity index (χ0n) is 11.3. The van der Waals surface area contributed by atoms with Gasteiger partial charge in [0, 0.05) is 19.2 Å². The number of benzene rings is 1. The number of hydrogen-bond donors (Lipinski definition) is 4. The van der Waals surface area contributed by atoms with Gasteiger partial charge < -0.3 is 21.3 Å². The van der Waals surface area contributed by atoms with Crippen molar-refractivity contribution < 1.29 is 28.2 Å². The number of nitrogen functional groups attached to an aromatic ring is 1. The highest BCUT2D eigenvalue weighted by atomic mass is 19.4. The molecule has 1 amide bonds. The SMILES string of the molecule is CC(=O)NCCC(O)C(O)c1ccc(N)cc1C(F)(F)F. The van der Waals surface area contributed by atoms with Crippen molar-refractivity contribution in [3.63, 3.8) is 0 Å². The molecular weight excluding hydrogens is 289 g/mol. The summed E-state index contributed by atoms with van der Waals surface area (Å²) in [4.78, 5) is 10.7. The third-order valence-electron chi connectivity index (χ3n) is 2.88. The smallest absolute Gasteiger partial charge is 0.399 e. The van der Waals surface area contributed by atoms with Crippen LogP contribution in [0.1, 0.15) is 30.6 Å². The molecule has 0 aliphatic heterocycles. The van der Waals surface area contributed by atoms with Gasteiger partial charge in [-0.15, -0.1) is 0 Å². The molecule has 0 aliphatic carbocycles. The average molecular weight is 306 g/mol. The Hall–Kier alpha value is -1.80. The van der Waals surface area contributed by atoms with E-state index in [4.69, 9.17) is 5.73 Å². The van der Waals surface area contributed by atoms with Crippen molar-refractivity contribution >= 4 is 11.6 Å². The van der Waals surface area contributed by atoms with Crippen molar-refractivity contribution in [3.8, 4) is 0 Å². The number of rotatable bonds is 5. The van der Waals surface area contributed by atoms with Crippen molar-refractivity contribution in [2.75, 3.05) is 12.3 Å². The van der Waals surface area contributed by atoms with Gasteiger partial charge in [-0.25, -0.2) is 0 Å². The van der Waals surface area contributed by atoms with Crippen LogP contribution in [0.4, 0.5) is 18.9 Å². The Labute approximate surface area is 119 Å². The van der Waals surface area contributed by atoms with Crippen LogP contribution in [0.3, 0.4) is 0 Å². The van der Waals surface area contributed by atoms with Crippen LogP contribution in [0.25, 0.3) is 0 Å². The van der Waals surface area contributed by atoms with E-state index in [1.54, 1.807) is 0 Å². The van der Waals surface area contributed by atoms with E-state index in [2.05, 4.69) is 5.32 Å². The minimum atomic E-state index is -4.69. The van der Waals surface area contributed by atoms with E-state index in [0.29, 0.717) is 6.07 Å². The molecule has 1 aromatic carbocycles. The molecule has 0 radical (unpaired) electrons. The fourth-order valence-corrected chi connectivity index (χ4v) is 1.84. The van der Waals surface area contributed by atoms with Crippen LogP contribution >= 0.6 is 0 Å². The second kappa shape index (κ2) is 6.77. The first-order valence-electron chi connectivity index (χ1n) is 6.20. The van der Waals surface area contributed by atoms with Crippen LogP contribution < -0.4 is 11.1 Å². The van der Waals surface area contributed by atoms with Crippen molar-refractivity contribution in [2.24, 2.45) is 0 Å². The zero-order valence-corrected chi connectivity index (χ0v) is 11.3. The van der Waals surface area contributed by atoms with Crippen molar-refractivity contribution in [1.29, 1.82) is 0 Å². The normalized spacial score (nSPS) is 14.6. The number of amides is 1. The monoisotopic (exact) mass is 306 g/mol. The molecule has 1 rings (SSSR count). The maximum absolute atomic E-state index is 12.9. The highest BCUT2D eigenvalue weighted by Crippen LogP contribution is 2.36. The molecule has 1 aromatic rings. The third kappa shape index (κ3) is 4.91. The number of hydrogen-bond acceptors (Lipinski definition) is 4. The summed E-state index contributed by atoms with van der Waals surface area (Å²) in [5, 5.41) is 22.0. The molecule has 5 N–H and O–H groups in total. The van der Waals surface area contributed by atoms with E-state index in [1.165, 1.54) is 13.0 Å². The molecule has 0 aliphatic rings. The van der Waals surface area contributed by atoms with Crippen molar-refractivity contribution in [2.45, 2.75) is 31.7 Å². The number of aliphatic hydroxyl groups is 2. The highest BCUT2D eigenvalue weighted by molar-refractivity contribution is 5.72. The van der Waals surface area contributed by atoms with Crippen LogP contribution in [-0.4, -0.2) is 28.8 Å². The van der Waals surface area contributed by atoms with Gasteiger partial charge in [0.1, 0.15) is 6.10 Å². The molecule has 0 fully saturated rings.